The number of aryl methyl sites for hydroxylation is 1. The van der Waals surface area contributed by atoms with Crippen LogP contribution in [0.5, 0.6) is 0 Å². The normalized spacial score (nSPS) is 14.8. The van der Waals surface area contributed by atoms with Gasteiger partial charge in [-0.15, -0.1) is 0 Å². The molecule has 0 saturated heterocycles. The van der Waals surface area contributed by atoms with E-state index in [1.54, 1.807) is 0 Å². The quantitative estimate of drug-likeness (QED) is 0.930. The number of anilines is 1. The molecule has 22 heavy (non-hydrogen) atoms. The molecule has 0 amide bonds. The van der Waals surface area contributed by atoms with E-state index in [0.29, 0.717) is 11.0 Å². The first-order valence-electron chi connectivity index (χ1n) is 6.36. The molecular weight excluding hydrogens is 301 g/mol. The van der Waals surface area contributed by atoms with E-state index in [0.717, 1.165) is 14.0 Å². The van der Waals surface area contributed by atoms with Crippen LogP contribution in [-0.2, 0) is 11.8 Å². The van der Waals surface area contributed by atoms with E-state index in [4.69, 9.17) is 0 Å². The van der Waals surface area contributed by atoms with Crippen LogP contribution in [0, 0.1) is 0 Å². The second-order valence-electron chi connectivity index (χ2n) is 4.98. The number of hydrogen-bond acceptors (Lipinski definition) is 5. The molecular formula is C13H15F3N4O2. The molecule has 1 atom stereocenters. The summed E-state index contributed by atoms with van der Waals surface area (Å²) >= 11 is 0. The minimum absolute atomic E-state index is 0.202. The molecule has 2 aromatic rings. The fraction of sp³-hybridized carbons (Fsp3) is 0.462. The van der Waals surface area contributed by atoms with Crippen molar-refractivity contribution in [3.05, 3.63) is 28.8 Å². The van der Waals surface area contributed by atoms with Crippen molar-refractivity contribution < 1.29 is 17.9 Å². The number of nitrogens with one attached hydrogen (secondary N) is 1. The molecule has 2 aromatic heterocycles. The lowest BCUT2D eigenvalue weighted by atomic mass is 10.1. The van der Waals surface area contributed by atoms with Crippen molar-refractivity contribution in [2.45, 2.75) is 18.7 Å². The monoisotopic (exact) mass is 316 g/mol. The smallest absolute Gasteiger partial charge is 0.367 e. The highest BCUT2D eigenvalue weighted by atomic mass is 19.4. The fourth-order valence-electron chi connectivity index (χ4n) is 1.86. The van der Waals surface area contributed by atoms with Crippen molar-refractivity contribution in [3.63, 3.8) is 0 Å². The number of aromatic nitrogens is 3. The summed E-state index contributed by atoms with van der Waals surface area (Å²) in [5, 5.41) is 3.07. The van der Waals surface area contributed by atoms with E-state index in [1.165, 1.54) is 30.1 Å². The van der Waals surface area contributed by atoms with Crippen LogP contribution in [0.4, 0.5) is 19.0 Å². The molecule has 120 valence electrons. The zero-order valence-electron chi connectivity index (χ0n) is 12.2. The maximum Gasteiger partial charge on any atom is 0.418 e. The van der Waals surface area contributed by atoms with Crippen molar-refractivity contribution in [1.29, 1.82) is 0 Å². The summed E-state index contributed by atoms with van der Waals surface area (Å²) in [4.78, 5) is 19.5. The Labute approximate surface area is 123 Å². The van der Waals surface area contributed by atoms with Gasteiger partial charge in [-0.05, 0) is 13.0 Å². The number of pyridine rings is 1. The highest BCUT2D eigenvalue weighted by Crippen LogP contribution is 2.33. The van der Waals surface area contributed by atoms with Crippen LogP contribution >= 0.6 is 0 Å². The van der Waals surface area contributed by atoms with Crippen molar-refractivity contribution >= 4 is 16.9 Å². The van der Waals surface area contributed by atoms with E-state index < -0.39 is 18.3 Å². The first-order chi connectivity index (χ1) is 10.2. The van der Waals surface area contributed by atoms with Crippen molar-refractivity contribution in [1.82, 2.24) is 14.5 Å². The van der Waals surface area contributed by atoms with Crippen molar-refractivity contribution in [3.8, 4) is 0 Å². The number of nitrogens with zero attached hydrogens (tertiary/aromatic N) is 3. The van der Waals surface area contributed by atoms with Gasteiger partial charge in [-0.2, -0.15) is 13.2 Å². The van der Waals surface area contributed by atoms with Gasteiger partial charge in [0.05, 0.1) is 11.9 Å². The molecule has 9 heteroatoms. The predicted octanol–water partition coefficient (Wildman–Crippen LogP) is 1.71. The van der Waals surface area contributed by atoms with Gasteiger partial charge in [-0.3, -0.25) is 9.36 Å². The van der Waals surface area contributed by atoms with E-state index in [1.807, 2.05) is 0 Å². The molecule has 1 N–H and O–H groups in total. The number of alkyl halides is 3. The molecule has 0 aliphatic carbocycles. The lowest BCUT2D eigenvalue weighted by Gasteiger charge is -2.30. The number of rotatable bonds is 4. The summed E-state index contributed by atoms with van der Waals surface area (Å²) < 4.78 is 44.9. The summed E-state index contributed by atoms with van der Waals surface area (Å²) in [6.07, 6.45) is -3.35. The molecule has 2 rings (SSSR count). The Balaban J connectivity index is 2.37. The summed E-state index contributed by atoms with van der Waals surface area (Å²) in [7, 11) is 2.52. The van der Waals surface area contributed by atoms with Crippen LogP contribution in [0.1, 0.15) is 6.92 Å². The zero-order chi connectivity index (χ0) is 16.5. The number of methoxy groups -OCH3 is 1. The van der Waals surface area contributed by atoms with Gasteiger partial charge in [-0.1, -0.05) is 0 Å². The molecule has 6 nitrogen and oxygen atoms in total. The van der Waals surface area contributed by atoms with E-state index in [-0.39, 0.29) is 11.4 Å². The van der Waals surface area contributed by atoms with Crippen LogP contribution in [0.2, 0.25) is 0 Å². The van der Waals surface area contributed by atoms with E-state index in [9.17, 15) is 18.0 Å². The number of halogens is 3. The van der Waals surface area contributed by atoms with Crippen LogP contribution in [0.3, 0.4) is 0 Å². The predicted molar refractivity (Wildman–Crippen MR) is 74.7 cm³/mol. The minimum Gasteiger partial charge on any atom is -0.367 e. The van der Waals surface area contributed by atoms with Crippen molar-refractivity contribution in [2.75, 3.05) is 19.0 Å². The molecule has 0 aromatic carbocycles. The zero-order valence-corrected chi connectivity index (χ0v) is 12.2. The molecule has 0 fully saturated rings. The third-order valence-electron chi connectivity index (χ3n) is 3.55. The molecule has 2 heterocycles. The largest absolute Gasteiger partial charge is 0.418 e. The Bertz CT molecular complexity index is 744. The average Bonchev–Trinajstić information content (AvgIpc) is 2.47. The van der Waals surface area contributed by atoms with Gasteiger partial charge >= 0.3 is 6.18 Å². The van der Waals surface area contributed by atoms with Gasteiger partial charge in [-0.25, -0.2) is 9.97 Å². The Morgan fingerprint density at radius 1 is 1.32 bits per heavy atom. The summed E-state index contributed by atoms with van der Waals surface area (Å²) in [5.41, 5.74) is -2.30. The lowest BCUT2D eigenvalue weighted by Crippen LogP contribution is -2.49. The minimum atomic E-state index is -4.54. The maximum atomic E-state index is 13.0. The third-order valence-corrected chi connectivity index (χ3v) is 3.55. The molecule has 0 aliphatic heterocycles. The van der Waals surface area contributed by atoms with Crippen molar-refractivity contribution in [2.24, 2.45) is 7.05 Å². The molecule has 0 spiro atoms. The van der Waals surface area contributed by atoms with Gasteiger partial charge in [0.25, 0.3) is 5.56 Å². The Morgan fingerprint density at radius 2 is 2.00 bits per heavy atom. The topological polar surface area (TPSA) is 69.0 Å². The highest BCUT2D eigenvalue weighted by Gasteiger charge is 2.51. The van der Waals surface area contributed by atoms with E-state index >= 15 is 0 Å². The van der Waals surface area contributed by atoms with Gasteiger partial charge in [0.2, 0.25) is 0 Å². The number of ether oxygens (including phenoxy) is 1. The Hall–Kier alpha value is -2.16. The standard InChI is InChI=1S/C13H15F3N4O2/c1-12(22-3,13(14,15)16)6-17-10-8-4-5-9(21)20(2)11(8)19-7-18-10/h4-5,7H,6H2,1-3H3,(H,17,18,19). The molecule has 0 saturated carbocycles. The van der Waals surface area contributed by atoms with Crippen LogP contribution < -0.4 is 10.9 Å². The molecule has 0 radical (unpaired) electrons. The SMILES string of the molecule is COC(C)(CNc1ncnc2c1ccc(=O)n2C)C(F)(F)F. The molecule has 0 bridgehead atoms. The summed E-state index contributed by atoms with van der Waals surface area (Å²) in [5.74, 6) is 0.202. The van der Waals surface area contributed by atoms with Gasteiger partial charge in [0.15, 0.2) is 5.60 Å². The first kappa shape index (κ1) is 16.2. The van der Waals surface area contributed by atoms with Crippen LogP contribution in [-0.4, -0.2) is 40.0 Å². The third kappa shape index (κ3) is 2.76. The number of fused-ring (bicyclic) bond motifs is 1. The van der Waals surface area contributed by atoms with E-state index in [2.05, 4.69) is 20.0 Å². The molecule has 1 unspecified atom stereocenters. The lowest BCUT2D eigenvalue weighted by molar-refractivity contribution is -0.256. The van der Waals surface area contributed by atoms with Gasteiger partial charge in [0.1, 0.15) is 17.8 Å². The van der Waals surface area contributed by atoms with Gasteiger partial charge in [0, 0.05) is 20.2 Å². The molecule has 0 aliphatic rings. The fourth-order valence-corrected chi connectivity index (χ4v) is 1.86. The second-order valence-corrected chi connectivity index (χ2v) is 4.98. The Kier molecular flexibility index (Phi) is 4.10. The second kappa shape index (κ2) is 5.56. The highest BCUT2D eigenvalue weighted by molar-refractivity contribution is 5.86. The van der Waals surface area contributed by atoms with Crippen LogP contribution in [0.15, 0.2) is 23.3 Å². The first-order valence-corrected chi connectivity index (χ1v) is 6.36. The van der Waals surface area contributed by atoms with Gasteiger partial charge < -0.3 is 10.1 Å². The number of hydrogen-bond donors (Lipinski definition) is 1. The summed E-state index contributed by atoms with van der Waals surface area (Å²) in [6, 6.07) is 2.77. The maximum absolute atomic E-state index is 13.0. The summed E-state index contributed by atoms with van der Waals surface area (Å²) in [6.45, 7) is 0.418. The average molecular weight is 316 g/mol. The Morgan fingerprint density at radius 3 is 2.59 bits per heavy atom. The van der Waals surface area contributed by atoms with Crippen LogP contribution in [0.25, 0.3) is 11.0 Å².